The number of alkyl halides is 5. The summed E-state index contributed by atoms with van der Waals surface area (Å²) in [6, 6.07) is 7.62. The number of ether oxygens (including phenoxy) is 1. The Morgan fingerprint density at radius 3 is 2.25 bits per heavy atom. The van der Waals surface area contributed by atoms with Crippen molar-refractivity contribution >= 4 is 23.2 Å². The molecule has 0 fully saturated rings. The highest BCUT2D eigenvalue weighted by atomic mass is 35.5. The van der Waals surface area contributed by atoms with Crippen LogP contribution < -0.4 is 10.1 Å². The van der Waals surface area contributed by atoms with Crippen LogP contribution in [0.1, 0.15) is 15.9 Å². The number of carbonyl (C=O) groups is 1. The fraction of sp³-hybridized carbons (Fsp3) is 0.133. The maximum atomic E-state index is 12.8. The first-order valence-corrected chi connectivity index (χ1v) is 6.77. The highest BCUT2D eigenvalue weighted by Gasteiger charge is 2.33. The number of hydrogen-bond acceptors (Lipinski definition) is 2. The van der Waals surface area contributed by atoms with Crippen LogP contribution in [0.25, 0.3) is 0 Å². The monoisotopic (exact) mass is 365 g/mol. The van der Waals surface area contributed by atoms with Crippen LogP contribution in [0.4, 0.5) is 27.6 Å². The number of amides is 1. The summed E-state index contributed by atoms with van der Waals surface area (Å²) < 4.78 is 66.5. The molecular weight excluding hydrogens is 357 g/mol. The van der Waals surface area contributed by atoms with Crippen molar-refractivity contribution < 1.29 is 31.5 Å². The molecule has 3 nitrogen and oxygen atoms in total. The first-order chi connectivity index (χ1) is 11.2. The minimum atomic E-state index is -4.66. The molecule has 9 heteroatoms. The highest BCUT2D eigenvalue weighted by molar-refractivity contribution is 6.31. The molecule has 0 aromatic heterocycles. The Bertz CT molecular complexity index is 732. The fourth-order valence-corrected chi connectivity index (χ4v) is 2.04. The molecule has 2 aromatic carbocycles. The first-order valence-electron chi connectivity index (χ1n) is 6.40. The number of benzene rings is 2. The summed E-state index contributed by atoms with van der Waals surface area (Å²) in [5, 5.41) is 1.78. The van der Waals surface area contributed by atoms with Crippen LogP contribution in [0.2, 0.25) is 5.02 Å². The van der Waals surface area contributed by atoms with Crippen LogP contribution in [-0.2, 0) is 6.18 Å². The van der Waals surface area contributed by atoms with E-state index in [1.54, 1.807) is 0 Å². The number of hydrogen-bond donors (Lipinski definition) is 1. The maximum Gasteiger partial charge on any atom is 0.417 e. The average Bonchev–Trinajstić information content (AvgIpc) is 2.48. The third-order valence-corrected chi connectivity index (χ3v) is 3.20. The summed E-state index contributed by atoms with van der Waals surface area (Å²) in [6.07, 6.45) is -4.66. The lowest BCUT2D eigenvalue weighted by atomic mass is 10.1. The molecule has 1 amide bonds. The largest absolute Gasteiger partial charge is 0.435 e. The molecule has 0 spiro atoms. The van der Waals surface area contributed by atoms with E-state index in [9.17, 15) is 26.7 Å². The summed E-state index contributed by atoms with van der Waals surface area (Å²) >= 11 is 5.49. The third-order valence-electron chi connectivity index (χ3n) is 2.87. The molecule has 1 N–H and O–H groups in total. The minimum absolute atomic E-state index is 0.0557. The van der Waals surface area contributed by atoms with E-state index in [0.717, 1.165) is 18.2 Å². The maximum absolute atomic E-state index is 12.8. The van der Waals surface area contributed by atoms with Gasteiger partial charge in [-0.05, 0) is 42.5 Å². The molecule has 0 aliphatic heterocycles. The molecule has 0 aliphatic carbocycles. The molecule has 0 aliphatic rings. The van der Waals surface area contributed by atoms with Crippen molar-refractivity contribution in [1.82, 2.24) is 0 Å². The Hall–Kier alpha value is -2.35. The topological polar surface area (TPSA) is 38.3 Å². The zero-order valence-electron chi connectivity index (χ0n) is 11.7. The number of rotatable bonds is 4. The van der Waals surface area contributed by atoms with E-state index in [1.165, 1.54) is 18.2 Å². The number of nitrogens with one attached hydrogen (secondary N) is 1. The molecule has 0 saturated heterocycles. The molecule has 0 heterocycles. The van der Waals surface area contributed by atoms with Gasteiger partial charge in [-0.25, -0.2) is 0 Å². The Morgan fingerprint density at radius 1 is 1.08 bits per heavy atom. The summed E-state index contributed by atoms with van der Waals surface area (Å²) in [7, 11) is 0. The van der Waals surface area contributed by atoms with E-state index >= 15 is 0 Å². The lowest BCUT2D eigenvalue weighted by molar-refractivity contribution is -0.137. The normalized spacial score (nSPS) is 11.5. The molecule has 2 aromatic rings. The van der Waals surface area contributed by atoms with Crippen molar-refractivity contribution in [3.05, 3.63) is 58.6 Å². The van der Waals surface area contributed by atoms with E-state index in [0.29, 0.717) is 6.07 Å². The van der Waals surface area contributed by atoms with E-state index in [-0.39, 0.29) is 17.0 Å². The van der Waals surface area contributed by atoms with Gasteiger partial charge in [-0.15, -0.1) is 0 Å². The Labute approximate surface area is 138 Å². The number of carbonyl (C=O) groups excluding carboxylic acids is 1. The van der Waals surface area contributed by atoms with E-state index in [1.807, 2.05) is 0 Å². The van der Waals surface area contributed by atoms with E-state index in [2.05, 4.69) is 10.1 Å². The average molecular weight is 366 g/mol. The predicted molar refractivity (Wildman–Crippen MR) is 77.5 cm³/mol. The van der Waals surface area contributed by atoms with Crippen LogP contribution in [0.15, 0.2) is 42.5 Å². The smallest absolute Gasteiger partial charge is 0.417 e. The van der Waals surface area contributed by atoms with Crippen molar-refractivity contribution in [2.45, 2.75) is 12.8 Å². The molecule has 0 bridgehead atoms. The summed E-state index contributed by atoms with van der Waals surface area (Å²) in [5.74, 6) is -0.860. The van der Waals surface area contributed by atoms with Crippen LogP contribution in [0, 0.1) is 0 Å². The van der Waals surface area contributed by atoms with Crippen molar-refractivity contribution in [3.8, 4) is 5.75 Å². The zero-order chi connectivity index (χ0) is 17.9. The van der Waals surface area contributed by atoms with E-state index in [4.69, 9.17) is 11.6 Å². The Kier molecular flexibility index (Phi) is 5.28. The second-order valence-corrected chi connectivity index (χ2v) is 4.96. The highest BCUT2D eigenvalue weighted by Crippen LogP contribution is 2.36. The minimum Gasteiger partial charge on any atom is -0.435 e. The van der Waals surface area contributed by atoms with E-state index < -0.39 is 29.3 Å². The van der Waals surface area contributed by atoms with Gasteiger partial charge in [-0.3, -0.25) is 4.79 Å². The second kappa shape index (κ2) is 7.04. The molecule has 0 atom stereocenters. The van der Waals surface area contributed by atoms with Gasteiger partial charge in [-0.1, -0.05) is 11.6 Å². The van der Waals surface area contributed by atoms with Gasteiger partial charge in [0.15, 0.2) is 0 Å². The van der Waals surface area contributed by atoms with Gasteiger partial charge >= 0.3 is 12.8 Å². The third kappa shape index (κ3) is 4.58. The lowest BCUT2D eigenvalue weighted by Crippen LogP contribution is -2.13. The molecule has 2 rings (SSSR count). The standard InChI is InChI=1S/C15H9ClF5NO2/c16-12-6-3-9(7-11(12)15(19,20)21)22-13(23)8-1-4-10(5-2-8)24-14(17)18/h1-7,14H,(H,22,23). The molecule has 24 heavy (non-hydrogen) atoms. The van der Waals surface area contributed by atoms with Gasteiger partial charge in [0.25, 0.3) is 5.91 Å². The van der Waals surface area contributed by atoms with Crippen LogP contribution in [-0.4, -0.2) is 12.5 Å². The van der Waals surface area contributed by atoms with Crippen molar-refractivity contribution in [2.24, 2.45) is 0 Å². The number of halogens is 6. The molecular formula is C15H9ClF5NO2. The zero-order valence-corrected chi connectivity index (χ0v) is 12.5. The SMILES string of the molecule is O=C(Nc1ccc(Cl)c(C(F)(F)F)c1)c1ccc(OC(F)F)cc1. The fourth-order valence-electron chi connectivity index (χ4n) is 1.81. The van der Waals surface area contributed by atoms with Crippen molar-refractivity contribution in [2.75, 3.05) is 5.32 Å². The molecule has 128 valence electrons. The van der Waals surface area contributed by atoms with Gasteiger partial charge in [0.2, 0.25) is 0 Å². The summed E-state index contributed by atoms with van der Waals surface area (Å²) in [5.41, 5.74) is -1.13. The van der Waals surface area contributed by atoms with Gasteiger partial charge in [0.05, 0.1) is 10.6 Å². The second-order valence-electron chi connectivity index (χ2n) is 4.55. The van der Waals surface area contributed by atoms with Gasteiger partial charge in [0, 0.05) is 11.3 Å². The lowest BCUT2D eigenvalue weighted by Gasteiger charge is -2.12. The quantitative estimate of drug-likeness (QED) is 0.755. The first kappa shape index (κ1) is 18.0. The summed E-state index contributed by atoms with van der Waals surface area (Å²) in [6.45, 7) is -3.00. The van der Waals surface area contributed by atoms with Crippen molar-refractivity contribution in [1.29, 1.82) is 0 Å². The van der Waals surface area contributed by atoms with Crippen LogP contribution in [0.3, 0.4) is 0 Å². The Balaban J connectivity index is 2.15. The van der Waals surface area contributed by atoms with Crippen molar-refractivity contribution in [3.63, 3.8) is 0 Å². The molecule has 0 unspecified atom stereocenters. The van der Waals surface area contributed by atoms with Crippen LogP contribution >= 0.6 is 11.6 Å². The van der Waals surface area contributed by atoms with Crippen LogP contribution in [0.5, 0.6) is 5.75 Å². The Morgan fingerprint density at radius 2 is 1.71 bits per heavy atom. The number of anilines is 1. The summed E-state index contributed by atoms with van der Waals surface area (Å²) in [4.78, 5) is 12.0. The van der Waals surface area contributed by atoms with Gasteiger partial charge in [0.1, 0.15) is 5.75 Å². The molecule has 0 saturated carbocycles. The predicted octanol–water partition coefficient (Wildman–Crippen LogP) is 5.21. The molecule has 0 radical (unpaired) electrons. The van der Waals surface area contributed by atoms with Gasteiger partial charge in [-0.2, -0.15) is 22.0 Å². The van der Waals surface area contributed by atoms with Gasteiger partial charge < -0.3 is 10.1 Å².